The van der Waals surface area contributed by atoms with Crippen molar-refractivity contribution in [2.24, 2.45) is 0 Å². The summed E-state index contributed by atoms with van der Waals surface area (Å²) in [7, 11) is -2.95. The van der Waals surface area contributed by atoms with Crippen molar-refractivity contribution in [3.05, 3.63) is 12.2 Å². The van der Waals surface area contributed by atoms with Gasteiger partial charge < -0.3 is 19.0 Å². The van der Waals surface area contributed by atoms with Crippen LogP contribution in [-0.2, 0) is 13.3 Å². The molecule has 7 nitrogen and oxygen atoms in total. The van der Waals surface area contributed by atoms with Crippen LogP contribution in [0.15, 0.2) is 6.33 Å². The van der Waals surface area contributed by atoms with E-state index in [0.29, 0.717) is 25.6 Å². The smallest absolute Gasteiger partial charge is 0.373 e. The van der Waals surface area contributed by atoms with E-state index in [4.69, 9.17) is 19.0 Å². The van der Waals surface area contributed by atoms with Crippen LogP contribution in [0.1, 0.15) is 64.7 Å². The molecule has 0 radical (unpaired) electrons. The Labute approximate surface area is 140 Å². The molecule has 0 saturated heterocycles. The van der Waals surface area contributed by atoms with Crippen LogP contribution >= 0.6 is 0 Å². The van der Waals surface area contributed by atoms with Gasteiger partial charge in [-0.1, -0.05) is 26.2 Å². The number of rotatable bonds is 12. The molecule has 23 heavy (non-hydrogen) atoms. The van der Waals surface area contributed by atoms with E-state index in [1.165, 1.54) is 6.33 Å². The number of hydrogen-bond donors (Lipinski definition) is 1. The van der Waals surface area contributed by atoms with Gasteiger partial charge in [0, 0.05) is 19.8 Å². The highest BCUT2D eigenvalue weighted by Crippen LogP contribution is 2.33. The van der Waals surface area contributed by atoms with Crippen molar-refractivity contribution in [2.75, 3.05) is 25.6 Å². The molecule has 8 heteroatoms. The minimum atomic E-state index is -2.95. The van der Waals surface area contributed by atoms with Crippen molar-refractivity contribution in [3.63, 3.8) is 0 Å². The zero-order valence-electron chi connectivity index (χ0n) is 14.7. The molecule has 0 bridgehead atoms. The van der Waals surface area contributed by atoms with E-state index >= 15 is 0 Å². The van der Waals surface area contributed by atoms with E-state index in [2.05, 4.69) is 21.9 Å². The van der Waals surface area contributed by atoms with E-state index in [0.717, 1.165) is 25.7 Å². The molecule has 1 aromatic heterocycles. The van der Waals surface area contributed by atoms with E-state index < -0.39 is 8.80 Å². The van der Waals surface area contributed by atoms with Crippen LogP contribution in [0.4, 0.5) is 5.95 Å². The SMILES string of the molecule is CCCCCC(c1ncnc(N)n1)[Si](OCC)(OCC)OCC. The Bertz CT molecular complexity index is 433. The maximum Gasteiger partial charge on any atom is 0.512 e. The molecular weight excluding hydrogens is 312 g/mol. The van der Waals surface area contributed by atoms with Crippen LogP contribution < -0.4 is 5.73 Å². The predicted molar refractivity (Wildman–Crippen MR) is 91.8 cm³/mol. The largest absolute Gasteiger partial charge is 0.512 e. The molecule has 0 aliphatic heterocycles. The highest BCUT2D eigenvalue weighted by atomic mass is 28.4. The van der Waals surface area contributed by atoms with Gasteiger partial charge in [-0.2, -0.15) is 4.98 Å². The summed E-state index contributed by atoms with van der Waals surface area (Å²) < 4.78 is 18.2. The quantitative estimate of drug-likeness (QED) is 0.461. The predicted octanol–water partition coefficient (Wildman–Crippen LogP) is 2.71. The summed E-state index contributed by atoms with van der Waals surface area (Å²) >= 11 is 0. The molecule has 0 aliphatic carbocycles. The van der Waals surface area contributed by atoms with Gasteiger partial charge in [-0.15, -0.1) is 0 Å². The zero-order valence-corrected chi connectivity index (χ0v) is 15.7. The Morgan fingerprint density at radius 3 is 2.09 bits per heavy atom. The Morgan fingerprint density at radius 1 is 1.00 bits per heavy atom. The fraction of sp³-hybridized carbons (Fsp3) is 0.800. The Hall–Kier alpha value is -1.09. The first-order chi connectivity index (χ1) is 11.1. The number of hydrogen-bond acceptors (Lipinski definition) is 7. The van der Waals surface area contributed by atoms with Gasteiger partial charge in [0.2, 0.25) is 5.95 Å². The van der Waals surface area contributed by atoms with Gasteiger partial charge in [-0.25, -0.2) is 9.97 Å². The van der Waals surface area contributed by atoms with Crippen LogP contribution in [-0.4, -0.2) is 43.6 Å². The van der Waals surface area contributed by atoms with Crippen molar-refractivity contribution in [2.45, 2.75) is 58.9 Å². The van der Waals surface area contributed by atoms with Crippen LogP contribution in [0.3, 0.4) is 0 Å². The van der Waals surface area contributed by atoms with E-state index in [1.54, 1.807) is 0 Å². The summed E-state index contributed by atoms with van der Waals surface area (Å²) in [5.74, 6) is 0.818. The fourth-order valence-corrected chi connectivity index (χ4v) is 5.66. The second-order valence-electron chi connectivity index (χ2n) is 5.15. The molecule has 1 unspecified atom stereocenters. The summed E-state index contributed by atoms with van der Waals surface area (Å²) in [6.45, 7) is 9.60. The van der Waals surface area contributed by atoms with Crippen LogP contribution in [0.5, 0.6) is 0 Å². The summed E-state index contributed by atoms with van der Waals surface area (Å²) in [5.41, 5.74) is 5.62. The Balaban J connectivity index is 3.19. The van der Waals surface area contributed by atoms with Gasteiger partial charge in [-0.05, 0) is 27.2 Å². The lowest BCUT2D eigenvalue weighted by atomic mass is 10.1. The molecule has 132 valence electrons. The maximum absolute atomic E-state index is 6.05. The fourth-order valence-electron chi connectivity index (χ4n) is 2.58. The number of aromatic nitrogens is 3. The highest BCUT2D eigenvalue weighted by molar-refractivity contribution is 6.62. The number of nitrogens with zero attached hydrogens (tertiary/aromatic N) is 3. The van der Waals surface area contributed by atoms with Gasteiger partial charge in [0.15, 0.2) is 0 Å². The minimum absolute atomic E-state index is 0.126. The van der Waals surface area contributed by atoms with Gasteiger partial charge in [-0.3, -0.25) is 0 Å². The van der Waals surface area contributed by atoms with Crippen molar-refractivity contribution in [3.8, 4) is 0 Å². The van der Waals surface area contributed by atoms with E-state index in [9.17, 15) is 0 Å². The van der Waals surface area contributed by atoms with Crippen molar-refractivity contribution >= 4 is 14.8 Å². The number of unbranched alkanes of at least 4 members (excludes halogenated alkanes) is 2. The molecule has 0 saturated carbocycles. The third-order valence-corrected chi connectivity index (χ3v) is 6.95. The van der Waals surface area contributed by atoms with Gasteiger partial charge in [0.25, 0.3) is 0 Å². The highest BCUT2D eigenvalue weighted by Gasteiger charge is 2.51. The molecule has 2 N–H and O–H groups in total. The Kier molecular flexibility index (Phi) is 9.23. The minimum Gasteiger partial charge on any atom is -0.373 e. The molecule has 1 rings (SSSR count). The van der Waals surface area contributed by atoms with Crippen LogP contribution in [0, 0.1) is 0 Å². The lowest BCUT2D eigenvalue weighted by Crippen LogP contribution is -2.52. The molecule has 0 aromatic carbocycles. The average Bonchev–Trinajstić information content (AvgIpc) is 2.52. The summed E-state index contributed by atoms with van der Waals surface area (Å²) in [6, 6.07) is 0. The van der Waals surface area contributed by atoms with E-state index in [-0.39, 0.29) is 11.5 Å². The lowest BCUT2D eigenvalue weighted by Gasteiger charge is -2.34. The normalized spacial score (nSPS) is 13.2. The molecule has 1 heterocycles. The van der Waals surface area contributed by atoms with Crippen LogP contribution in [0.2, 0.25) is 0 Å². The van der Waals surface area contributed by atoms with Gasteiger partial charge in [0.05, 0.1) is 5.54 Å². The molecule has 0 aliphatic rings. The third kappa shape index (κ3) is 5.80. The Morgan fingerprint density at radius 2 is 1.61 bits per heavy atom. The molecule has 0 spiro atoms. The van der Waals surface area contributed by atoms with Gasteiger partial charge in [0.1, 0.15) is 12.2 Å². The first-order valence-corrected chi connectivity index (χ1v) is 10.3. The van der Waals surface area contributed by atoms with Crippen molar-refractivity contribution < 1.29 is 13.3 Å². The van der Waals surface area contributed by atoms with Gasteiger partial charge >= 0.3 is 8.80 Å². The summed E-state index contributed by atoms with van der Waals surface area (Å²) in [5, 5.41) is 0. The molecule has 0 amide bonds. The maximum atomic E-state index is 6.05. The molecule has 1 atom stereocenters. The van der Waals surface area contributed by atoms with Crippen LogP contribution in [0.25, 0.3) is 0 Å². The molecular formula is C15H30N4O3Si. The van der Waals surface area contributed by atoms with E-state index in [1.807, 2.05) is 20.8 Å². The standard InChI is InChI=1S/C15H30N4O3Si/c1-5-9-10-11-13(14-17-12-18-15(16)19-14)23(20-6-2,21-7-3)22-8-4/h12-13H,5-11H2,1-4H3,(H2,16,17,18,19). The second-order valence-corrected chi connectivity index (χ2v) is 7.92. The summed E-state index contributed by atoms with van der Waals surface area (Å²) in [4.78, 5) is 12.5. The van der Waals surface area contributed by atoms with Crippen molar-refractivity contribution in [1.82, 2.24) is 15.0 Å². The lowest BCUT2D eigenvalue weighted by molar-refractivity contribution is 0.0594. The monoisotopic (exact) mass is 342 g/mol. The third-order valence-electron chi connectivity index (χ3n) is 3.48. The summed E-state index contributed by atoms with van der Waals surface area (Å²) in [6.07, 6.45) is 5.59. The zero-order chi connectivity index (χ0) is 17.1. The first kappa shape index (κ1) is 20.0. The number of nitrogen functional groups attached to an aromatic ring is 1. The average molecular weight is 343 g/mol. The van der Waals surface area contributed by atoms with Crippen molar-refractivity contribution in [1.29, 1.82) is 0 Å². The second kappa shape index (κ2) is 10.6. The number of anilines is 1. The molecule has 0 fully saturated rings. The molecule has 1 aromatic rings. The first-order valence-electron chi connectivity index (χ1n) is 8.49. The topological polar surface area (TPSA) is 92.4 Å². The number of nitrogens with two attached hydrogens (primary N) is 1.